The predicted octanol–water partition coefficient (Wildman–Crippen LogP) is 3.86. The smallest absolute Gasteiger partial charge is 0.282 e. The van der Waals surface area contributed by atoms with Crippen molar-refractivity contribution in [3.8, 4) is 11.5 Å². The van der Waals surface area contributed by atoms with E-state index in [2.05, 4.69) is 0 Å². The van der Waals surface area contributed by atoms with Crippen LogP contribution in [-0.4, -0.2) is 43.0 Å². The molecule has 0 aromatic heterocycles. The summed E-state index contributed by atoms with van der Waals surface area (Å²) in [4.78, 5) is 30.3. The van der Waals surface area contributed by atoms with Gasteiger partial charge in [0, 0.05) is 18.7 Å². The zero-order valence-corrected chi connectivity index (χ0v) is 17.6. The molecule has 30 heavy (non-hydrogen) atoms. The molecule has 0 radical (unpaired) electrons. The average Bonchev–Trinajstić information content (AvgIpc) is 3.34. The first-order valence-corrected chi connectivity index (χ1v) is 10.3. The molecule has 2 aliphatic heterocycles. The maximum Gasteiger partial charge on any atom is 0.282 e. The van der Waals surface area contributed by atoms with Gasteiger partial charge in [-0.25, -0.2) is 4.90 Å². The molecule has 0 unspecified atom stereocenters. The van der Waals surface area contributed by atoms with Crippen molar-refractivity contribution in [2.75, 3.05) is 25.1 Å². The quantitative estimate of drug-likeness (QED) is 0.682. The number of hydrogen-bond donors (Lipinski definition) is 0. The Labute approximate surface area is 176 Å². The van der Waals surface area contributed by atoms with Gasteiger partial charge in [-0.05, 0) is 57.0 Å². The summed E-state index contributed by atoms with van der Waals surface area (Å²) in [6.07, 6.45) is 2.06. The van der Waals surface area contributed by atoms with Crippen LogP contribution in [0.15, 0.2) is 54.2 Å². The van der Waals surface area contributed by atoms with Gasteiger partial charge in [-0.3, -0.25) is 9.59 Å². The highest BCUT2D eigenvalue weighted by Crippen LogP contribution is 2.39. The molecule has 1 saturated heterocycles. The number of imide groups is 1. The Morgan fingerprint density at radius 3 is 2.20 bits per heavy atom. The van der Waals surface area contributed by atoms with Crippen LogP contribution in [0.25, 0.3) is 5.57 Å². The van der Waals surface area contributed by atoms with Gasteiger partial charge in [0.25, 0.3) is 11.8 Å². The lowest BCUT2D eigenvalue weighted by Gasteiger charge is -2.20. The van der Waals surface area contributed by atoms with Crippen molar-refractivity contribution in [1.82, 2.24) is 4.90 Å². The minimum absolute atomic E-state index is 0.0477. The summed E-state index contributed by atoms with van der Waals surface area (Å²) in [5.74, 6) is 0.655. The lowest BCUT2D eigenvalue weighted by atomic mass is 10.0. The third-order valence-corrected chi connectivity index (χ3v) is 5.32. The normalized spacial score (nSPS) is 16.8. The van der Waals surface area contributed by atoms with E-state index in [0.717, 1.165) is 25.9 Å². The maximum atomic E-state index is 13.5. The van der Waals surface area contributed by atoms with Gasteiger partial charge >= 0.3 is 0 Å². The number of anilines is 1. The molecule has 4 rings (SSSR count). The van der Waals surface area contributed by atoms with Gasteiger partial charge in [0.1, 0.15) is 17.2 Å². The van der Waals surface area contributed by atoms with Gasteiger partial charge in [0.2, 0.25) is 0 Å². The van der Waals surface area contributed by atoms with E-state index in [1.807, 2.05) is 43.0 Å². The van der Waals surface area contributed by atoms with Crippen LogP contribution in [-0.2, 0) is 9.59 Å². The van der Waals surface area contributed by atoms with Gasteiger partial charge in [-0.15, -0.1) is 0 Å². The lowest BCUT2D eigenvalue weighted by molar-refractivity contribution is -0.120. The molecule has 0 bridgehead atoms. The highest BCUT2D eigenvalue weighted by atomic mass is 16.5. The Morgan fingerprint density at radius 2 is 1.57 bits per heavy atom. The van der Waals surface area contributed by atoms with Crippen molar-refractivity contribution in [2.24, 2.45) is 0 Å². The van der Waals surface area contributed by atoms with Gasteiger partial charge in [0.05, 0.1) is 24.5 Å². The van der Waals surface area contributed by atoms with E-state index in [1.165, 1.54) is 4.90 Å². The molecule has 2 amide bonds. The van der Waals surface area contributed by atoms with Crippen LogP contribution in [0.5, 0.6) is 11.5 Å². The highest BCUT2D eigenvalue weighted by molar-refractivity contribution is 6.45. The van der Waals surface area contributed by atoms with Gasteiger partial charge < -0.3 is 14.4 Å². The molecule has 0 aliphatic carbocycles. The number of benzene rings is 2. The summed E-state index contributed by atoms with van der Waals surface area (Å²) in [7, 11) is 1.57. The summed E-state index contributed by atoms with van der Waals surface area (Å²) in [6, 6.07) is 14.4. The minimum Gasteiger partial charge on any atom is -0.496 e. The van der Waals surface area contributed by atoms with E-state index in [4.69, 9.17) is 9.47 Å². The second-order valence-electron chi connectivity index (χ2n) is 7.72. The van der Waals surface area contributed by atoms with E-state index in [9.17, 15) is 9.59 Å². The first kappa shape index (κ1) is 20.0. The monoisotopic (exact) mass is 406 g/mol. The molecule has 2 aromatic carbocycles. The molecule has 156 valence electrons. The summed E-state index contributed by atoms with van der Waals surface area (Å²) in [5, 5.41) is 0. The van der Waals surface area contributed by atoms with Crippen molar-refractivity contribution in [1.29, 1.82) is 0 Å². The largest absolute Gasteiger partial charge is 0.496 e. The molecule has 2 aromatic rings. The molecule has 2 heterocycles. The van der Waals surface area contributed by atoms with Crippen LogP contribution in [0, 0.1) is 0 Å². The zero-order valence-electron chi connectivity index (χ0n) is 17.6. The molecule has 0 saturated carbocycles. The fourth-order valence-electron chi connectivity index (χ4n) is 4.03. The van der Waals surface area contributed by atoms with Crippen LogP contribution >= 0.6 is 0 Å². The number of ether oxygens (including phenoxy) is 2. The van der Waals surface area contributed by atoms with Crippen molar-refractivity contribution in [3.05, 3.63) is 59.8 Å². The first-order chi connectivity index (χ1) is 14.5. The molecule has 0 N–H and O–H groups in total. The summed E-state index contributed by atoms with van der Waals surface area (Å²) < 4.78 is 11.2. The van der Waals surface area contributed by atoms with Gasteiger partial charge in [-0.2, -0.15) is 0 Å². The standard InChI is InChI=1S/C24H26N2O4/c1-16(2)30-18-12-10-17(11-13-18)26-23(27)21(19-8-4-5-9-20(19)29-3)22(24(26)28)25-14-6-7-15-25/h4-5,8-13,16H,6-7,14-15H2,1-3H3. The summed E-state index contributed by atoms with van der Waals surface area (Å²) in [5.41, 5.74) is 2.04. The van der Waals surface area contributed by atoms with E-state index in [-0.39, 0.29) is 17.9 Å². The van der Waals surface area contributed by atoms with Gasteiger partial charge in [0.15, 0.2) is 0 Å². The number of para-hydroxylation sites is 1. The highest BCUT2D eigenvalue weighted by Gasteiger charge is 2.43. The second kappa shape index (κ2) is 8.22. The van der Waals surface area contributed by atoms with Crippen LogP contribution in [0.4, 0.5) is 5.69 Å². The van der Waals surface area contributed by atoms with Crippen LogP contribution in [0.1, 0.15) is 32.3 Å². The molecular weight excluding hydrogens is 380 g/mol. The van der Waals surface area contributed by atoms with E-state index >= 15 is 0 Å². The fraction of sp³-hybridized carbons (Fsp3) is 0.333. The summed E-state index contributed by atoms with van der Waals surface area (Å²) >= 11 is 0. The Bertz CT molecular complexity index is 989. The number of nitrogens with zero attached hydrogens (tertiary/aromatic N) is 2. The zero-order chi connectivity index (χ0) is 21.3. The maximum absolute atomic E-state index is 13.5. The number of hydrogen-bond acceptors (Lipinski definition) is 5. The Kier molecular flexibility index (Phi) is 5.48. The predicted molar refractivity (Wildman–Crippen MR) is 115 cm³/mol. The lowest BCUT2D eigenvalue weighted by Crippen LogP contribution is -2.34. The molecule has 6 nitrogen and oxygen atoms in total. The topological polar surface area (TPSA) is 59.1 Å². The van der Waals surface area contributed by atoms with Crippen molar-refractivity contribution < 1.29 is 19.1 Å². The van der Waals surface area contributed by atoms with Crippen LogP contribution < -0.4 is 14.4 Å². The number of likely N-dealkylation sites (tertiary alicyclic amines) is 1. The third-order valence-electron chi connectivity index (χ3n) is 5.32. The van der Waals surface area contributed by atoms with E-state index in [0.29, 0.717) is 34.0 Å². The number of carbonyl (C=O) groups excluding carboxylic acids is 2. The average molecular weight is 406 g/mol. The molecular formula is C24H26N2O4. The number of amides is 2. The molecule has 2 aliphatic rings. The SMILES string of the molecule is COc1ccccc1C1=C(N2CCCC2)C(=O)N(c2ccc(OC(C)C)cc2)C1=O. The minimum atomic E-state index is -0.330. The van der Waals surface area contributed by atoms with Crippen LogP contribution in [0.2, 0.25) is 0 Å². The molecule has 0 spiro atoms. The van der Waals surface area contributed by atoms with E-state index in [1.54, 1.807) is 31.4 Å². The molecule has 6 heteroatoms. The number of methoxy groups -OCH3 is 1. The number of rotatable bonds is 6. The van der Waals surface area contributed by atoms with Crippen molar-refractivity contribution in [3.63, 3.8) is 0 Å². The first-order valence-electron chi connectivity index (χ1n) is 10.3. The fourth-order valence-corrected chi connectivity index (χ4v) is 4.03. The second-order valence-corrected chi connectivity index (χ2v) is 7.72. The third kappa shape index (κ3) is 3.54. The van der Waals surface area contributed by atoms with E-state index < -0.39 is 0 Å². The van der Waals surface area contributed by atoms with Crippen LogP contribution in [0.3, 0.4) is 0 Å². The van der Waals surface area contributed by atoms with Gasteiger partial charge in [-0.1, -0.05) is 18.2 Å². The summed E-state index contributed by atoms with van der Waals surface area (Å²) in [6.45, 7) is 5.43. The van der Waals surface area contributed by atoms with Crippen molar-refractivity contribution in [2.45, 2.75) is 32.8 Å². The Morgan fingerprint density at radius 1 is 0.900 bits per heavy atom. The van der Waals surface area contributed by atoms with Crippen molar-refractivity contribution >= 4 is 23.1 Å². The molecule has 1 fully saturated rings. The number of carbonyl (C=O) groups is 2. The Hall–Kier alpha value is -3.28. The Balaban J connectivity index is 1.77. The molecule has 0 atom stereocenters.